The summed E-state index contributed by atoms with van der Waals surface area (Å²) in [5, 5.41) is 18.1. The van der Waals surface area contributed by atoms with Crippen LogP contribution in [0.4, 0.5) is 0 Å². The van der Waals surface area contributed by atoms with Gasteiger partial charge in [0.1, 0.15) is 11.5 Å². The number of carbonyl (C=O) groups is 6. The molecule has 3 amide bonds. The normalized spacial score (nSPS) is 14.7. The minimum atomic E-state index is -1.06. The van der Waals surface area contributed by atoms with Gasteiger partial charge in [0, 0.05) is 61.3 Å². The van der Waals surface area contributed by atoms with E-state index in [9.17, 15) is 33.9 Å². The molecule has 2 heterocycles. The van der Waals surface area contributed by atoms with Crippen LogP contribution in [0.15, 0.2) is 49.3 Å². The third-order valence-corrected chi connectivity index (χ3v) is 9.27. The Hall–Kier alpha value is -5.18. The number of hydrogen-bond donors (Lipinski definition) is 7. The average Bonchev–Trinajstić information content (AvgIpc) is 3.83. The highest BCUT2D eigenvalue weighted by molar-refractivity contribution is 5.96. The molecule has 0 unspecified atom stereocenters. The number of ketones is 3. The quantitative estimate of drug-likeness (QED) is 0.0748. The van der Waals surface area contributed by atoms with Crippen molar-refractivity contribution in [3.05, 3.63) is 66.3 Å². The first-order valence-corrected chi connectivity index (χ1v) is 18.1. The molecule has 0 radical (unpaired) electrons. The highest BCUT2D eigenvalue weighted by Crippen LogP contribution is 2.24. The Balaban J connectivity index is 1.85. The fraction of sp³-hybridized carbons (Fsp3) is 0.526. The first-order valence-electron chi connectivity index (χ1n) is 18.1. The molecule has 1 aromatic carbocycles. The molecular formula is C38H54N8O7. The van der Waals surface area contributed by atoms with Gasteiger partial charge in [-0.25, -0.2) is 9.97 Å². The Morgan fingerprint density at radius 2 is 1.36 bits per heavy atom. The number of nitrogens with zero attached hydrogens (tertiary/aromatic N) is 2. The Kier molecular flexibility index (Phi) is 16.5. The average molecular weight is 735 g/mol. The van der Waals surface area contributed by atoms with E-state index in [1.54, 1.807) is 24.5 Å². The fourth-order valence-corrected chi connectivity index (χ4v) is 6.05. The maximum Gasteiger partial charge on any atom is 0.237 e. The highest BCUT2D eigenvalue weighted by atomic mass is 16.3. The summed E-state index contributed by atoms with van der Waals surface area (Å²) in [6.45, 7) is 8.79. The van der Waals surface area contributed by atoms with Gasteiger partial charge in [-0.1, -0.05) is 46.2 Å². The lowest BCUT2D eigenvalue weighted by atomic mass is 9.84. The summed E-state index contributed by atoms with van der Waals surface area (Å²) in [6, 6.07) is 3.16. The summed E-state index contributed by atoms with van der Waals surface area (Å²) in [7, 11) is 0. The van der Waals surface area contributed by atoms with Crippen LogP contribution in [0.1, 0.15) is 77.3 Å². The summed E-state index contributed by atoms with van der Waals surface area (Å²) in [5.41, 5.74) is 8.08. The predicted octanol–water partition coefficient (Wildman–Crippen LogP) is 2.11. The second-order valence-corrected chi connectivity index (χ2v) is 14.2. The standard InChI is InChI=1S/C38H54N8O7/c1-6-23(4)30(16-35(50)33(15-28-19-41-21-44-28)46-38(53)31(39)14-27-18-40-20-43-27)37(52)45-32(12-25-7-9-29(48)10-8-25)34(49)13-26(11-22(2)3)36(51)42-17-24(5)47/h7-10,18-23,26,30-33,48H,6,11-17,39H2,1-5H3,(H,40,43)(H,41,44)(H,42,51)(H,45,52)(H,46,53)/t23-,26+,30-,31-,32-,33-/m0/s1. The molecule has 0 spiro atoms. The summed E-state index contributed by atoms with van der Waals surface area (Å²) >= 11 is 0. The minimum absolute atomic E-state index is 0.0363. The van der Waals surface area contributed by atoms with Crippen LogP contribution in [0.5, 0.6) is 5.75 Å². The van der Waals surface area contributed by atoms with Crippen molar-refractivity contribution >= 4 is 35.1 Å². The minimum Gasteiger partial charge on any atom is -0.508 e. The molecule has 3 aromatic rings. The lowest BCUT2D eigenvalue weighted by Crippen LogP contribution is -2.51. The zero-order valence-electron chi connectivity index (χ0n) is 31.2. The van der Waals surface area contributed by atoms with Crippen LogP contribution in [-0.4, -0.2) is 84.8 Å². The highest BCUT2D eigenvalue weighted by Gasteiger charge is 2.35. The monoisotopic (exact) mass is 734 g/mol. The number of hydrogen-bond acceptors (Lipinski definition) is 10. The summed E-state index contributed by atoms with van der Waals surface area (Å²) < 4.78 is 0. The number of imidazole rings is 2. The first-order chi connectivity index (χ1) is 25.2. The van der Waals surface area contributed by atoms with Crippen molar-refractivity contribution in [2.24, 2.45) is 29.4 Å². The Morgan fingerprint density at radius 3 is 1.91 bits per heavy atom. The molecule has 3 rings (SSSR count). The molecule has 0 saturated heterocycles. The van der Waals surface area contributed by atoms with Gasteiger partial charge in [-0.3, -0.25) is 28.8 Å². The lowest BCUT2D eigenvalue weighted by molar-refractivity contribution is -0.136. The van der Waals surface area contributed by atoms with Gasteiger partial charge in [0.2, 0.25) is 17.7 Å². The maximum atomic E-state index is 14.2. The molecule has 0 saturated carbocycles. The molecule has 15 nitrogen and oxygen atoms in total. The molecule has 0 aliphatic heterocycles. The molecule has 0 fully saturated rings. The van der Waals surface area contributed by atoms with Crippen LogP contribution in [0, 0.1) is 23.7 Å². The van der Waals surface area contributed by atoms with Crippen LogP contribution in [0.2, 0.25) is 0 Å². The van der Waals surface area contributed by atoms with Gasteiger partial charge >= 0.3 is 0 Å². The third-order valence-electron chi connectivity index (χ3n) is 9.27. The SMILES string of the molecule is CC[C@H](C)[C@H](CC(=O)[C@H](Cc1cnc[nH]1)NC(=O)[C@@H](N)Cc1cnc[nH]1)C(=O)N[C@@H](Cc1ccc(O)cc1)C(=O)C[C@@H](CC(C)C)C(=O)NCC(C)=O. The summed E-state index contributed by atoms with van der Waals surface area (Å²) in [4.78, 5) is 93.8. The van der Waals surface area contributed by atoms with E-state index in [0.29, 0.717) is 29.8 Å². The number of phenolic OH excluding ortho intramolecular Hbond substituents is 1. The van der Waals surface area contributed by atoms with Crippen LogP contribution >= 0.6 is 0 Å². The molecule has 0 aliphatic rings. The number of aromatic nitrogens is 4. The summed E-state index contributed by atoms with van der Waals surface area (Å²) in [5.74, 6) is -4.30. The van der Waals surface area contributed by atoms with Gasteiger partial charge in [-0.2, -0.15) is 0 Å². The van der Waals surface area contributed by atoms with Crippen LogP contribution < -0.4 is 21.7 Å². The molecule has 15 heteroatoms. The second kappa shape index (κ2) is 20.8. The Morgan fingerprint density at radius 1 is 0.792 bits per heavy atom. The molecule has 0 aliphatic carbocycles. The lowest BCUT2D eigenvalue weighted by Gasteiger charge is -2.28. The van der Waals surface area contributed by atoms with Gasteiger partial charge < -0.3 is 36.8 Å². The largest absolute Gasteiger partial charge is 0.508 e. The van der Waals surface area contributed by atoms with Crippen molar-refractivity contribution in [3.63, 3.8) is 0 Å². The van der Waals surface area contributed by atoms with Crippen molar-refractivity contribution in [3.8, 4) is 5.75 Å². The first kappa shape index (κ1) is 42.2. The number of rotatable bonds is 23. The predicted molar refractivity (Wildman–Crippen MR) is 197 cm³/mol. The van der Waals surface area contributed by atoms with E-state index in [2.05, 4.69) is 35.9 Å². The number of aromatic hydroxyl groups is 1. The molecule has 0 bridgehead atoms. The van der Waals surface area contributed by atoms with Gasteiger partial charge in [-0.15, -0.1) is 0 Å². The van der Waals surface area contributed by atoms with E-state index in [4.69, 9.17) is 5.73 Å². The van der Waals surface area contributed by atoms with Crippen LogP contribution in [0.25, 0.3) is 0 Å². The van der Waals surface area contributed by atoms with Crippen LogP contribution in [-0.2, 0) is 48.0 Å². The van der Waals surface area contributed by atoms with E-state index in [1.807, 2.05) is 27.7 Å². The smallest absolute Gasteiger partial charge is 0.237 e. The summed E-state index contributed by atoms with van der Waals surface area (Å²) in [6.07, 6.45) is 6.87. The van der Waals surface area contributed by atoms with E-state index in [0.717, 1.165) is 0 Å². The number of Topliss-reactive ketones (excluding diaryl/α,β-unsaturated/α-hetero) is 3. The zero-order chi connectivity index (χ0) is 39.1. The van der Waals surface area contributed by atoms with Gasteiger partial charge in [0.25, 0.3) is 0 Å². The Labute approximate surface area is 310 Å². The molecule has 2 aromatic heterocycles. The van der Waals surface area contributed by atoms with Crippen molar-refractivity contribution in [1.82, 2.24) is 35.9 Å². The molecule has 53 heavy (non-hydrogen) atoms. The van der Waals surface area contributed by atoms with Crippen molar-refractivity contribution in [2.75, 3.05) is 6.54 Å². The van der Waals surface area contributed by atoms with Gasteiger partial charge in [0.15, 0.2) is 11.6 Å². The van der Waals surface area contributed by atoms with Crippen molar-refractivity contribution in [2.45, 2.75) is 97.7 Å². The number of phenols is 1. The molecular weight excluding hydrogens is 680 g/mol. The number of carbonyl (C=O) groups excluding carboxylic acids is 6. The Bertz CT molecular complexity index is 1640. The molecule has 288 valence electrons. The molecule has 6 atom stereocenters. The zero-order valence-corrected chi connectivity index (χ0v) is 31.2. The number of nitrogens with two attached hydrogens (primary N) is 1. The number of nitrogens with one attached hydrogen (secondary N) is 5. The van der Waals surface area contributed by atoms with Crippen molar-refractivity contribution < 1.29 is 33.9 Å². The van der Waals surface area contributed by atoms with Crippen LogP contribution in [0.3, 0.4) is 0 Å². The number of aromatic amines is 2. The maximum absolute atomic E-state index is 14.2. The van der Waals surface area contributed by atoms with E-state index in [1.165, 1.54) is 31.7 Å². The topological polar surface area (TPSA) is 242 Å². The van der Waals surface area contributed by atoms with E-state index >= 15 is 0 Å². The van der Waals surface area contributed by atoms with E-state index in [-0.39, 0.29) is 67.8 Å². The van der Waals surface area contributed by atoms with Gasteiger partial charge in [-0.05, 0) is 49.3 Å². The van der Waals surface area contributed by atoms with Crippen molar-refractivity contribution in [1.29, 1.82) is 0 Å². The number of amides is 3. The number of H-pyrrole nitrogens is 2. The number of benzene rings is 1. The van der Waals surface area contributed by atoms with Gasteiger partial charge in [0.05, 0.1) is 37.3 Å². The second-order valence-electron chi connectivity index (χ2n) is 14.2. The fourth-order valence-electron chi connectivity index (χ4n) is 6.05. The van der Waals surface area contributed by atoms with E-state index < -0.39 is 53.5 Å². The third kappa shape index (κ3) is 14.0. The molecule has 8 N–H and O–H groups in total.